The third-order valence-electron chi connectivity index (χ3n) is 6.38. The zero-order valence-electron chi connectivity index (χ0n) is 20.4. The van der Waals surface area contributed by atoms with Gasteiger partial charge in [0.25, 0.3) is 0 Å². The minimum absolute atomic E-state index is 0.460. The van der Waals surface area contributed by atoms with E-state index < -0.39 is 0 Å². The van der Waals surface area contributed by atoms with Gasteiger partial charge in [0, 0.05) is 34.9 Å². The topological polar surface area (TPSA) is 16.1 Å². The summed E-state index contributed by atoms with van der Waals surface area (Å²) in [5, 5.41) is 0.734. The van der Waals surface area contributed by atoms with Crippen LogP contribution in [0, 0.1) is 17.8 Å². The molecule has 3 aromatic rings. The van der Waals surface area contributed by atoms with E-state index in [1.54, 1.807) is 0 Å². The molecule has 0 amide bonds. The molecular weight excluding hydrogens is 436 g/mol. The van der Waals surface area contributed by atoms with Gasteiger partial charge in [0.15, 0.2) is 0 Å². The summed E-state index contributed by atoms with van der Waals surface area (Å²) in [4.78, 5) is 7.14. The average Bonchev–Trinajstić information content (AvgIpc) is 3.68. The van der Waals surface area contributed by atoms with Gasteiger partial charge in [0.2, 0.25) is 0 Å². The molecule has 1 aliphatic carbocycles. The van der Waals surface area contributed by atoms with Gasteiger partial charge in [-0.15, -0.1) is 0 Å². The molecule has 1 heterocycles. The second-order valence-corrected chi connectivity index (χ2v) is 9.73. The molecule has 0 aliphatic heterocycles. The van der Waals surface area contributed by atoms with E-state index >= 15 is 0 Å². The highest BCUT2D eigenvalue weighted by Gasteiger charge is 2.25. The number of rotatable bonds is 8. The summed E-state index contributed by atoms with van der Waals surface area (Å²) in [5.74, 6) is 7.34. The third kappa shape index (κ3) is 6.83. The first-order chi connectivity index (χ1) is 16.5. The molecule has 1 atom stereocenters. The molecule has 2 nitrogen and oxygen atoms in total. The Balaban J connectivity index is 1.39. The fourth-order valence-corrected chi connectivity index (χ4v) is 4.30. The van der Waals surface area contributed by atoms with Crippen molar-refractivity contribution in [3.8, 4) is 23.0 Å². The SMILES string of the molecule is CCCN(CC1CC1)[C@H](C)/C=C(/C)c1ccc(C#Cc2ccc(-c3ccc(Cl)cc3)cn2)cc1. The van der Waals surface area contributed by atoms with Crippen LogP contribution in [0.25, 0.3) is 16.7 Å². The molecule has 174 valence electrons. The van der Waals surface area contributed by atoms with Crippen molar-refractivity contribution in [2.24, 2.45) is 5.92 Å². The predicted octanol–water partition coefficient (Wildman–Crippen LogP) is 7.72. The molecule has 0 bridgehead atoms. The summed E-state index contributed by atoms with van der Waals surface area (Å²) in [6, 6.07) is 20.8. The fraction of sp³-hybridized carbons (Fsp3) is 0.323. The van der Waals surface area contributed by atoms with Gasteiger partial charge >= 0.3 is 0 Å². The molecule has 4 rings (SSSR count). The second kappa shape index (κ2) is 11.5. The standard InChI is InChI=1S/C31H33ClN2/c1-4-19-34(22-26-5-6-26)24(3)20-23(2)27-10-7-25(8-11-27)9-17-31-18-14-29(21-33-31)28-12-15-30(32)16-13-28/h7-8,10-16,18,20-21,24,26H,4-6,19,22H2,1-3H3/b23-20-/t24-/m1/s1. The van der Waals surface area contributed by atoms with E-state index in [0.29, 0.717) is 6.04 Å². The Hall–Kier alpha value is -2.86. The number of pyridine rings is 1. The predicted molar refractivity (Wildman–Crippen MR) is 145 cm³/mol. The van der Waals surface area contributed by atoms with E-state index in [2.05, 4.69) is 72.8 Å². The molecule has 3 heteroatoms. The smallest absolute Gasteiger partial charge is 0.113 e. The molecule has 34 heavy (non-hydrogen) atoms. The highest BCUT2D eigenvalue weighted by Crippen LogP contribution is 2.31. The second-order valence-electron chi connectivity index (χ2n) is 9.29. The minimum Gasteiger partial charge on any atom is -0.297 e. The first-order valence-corrected chi connectivity index (χ1v) is 12.7. The number of hydrogen-bond donors (Lipinski definition) is 0. The molecule has 1 saturated carbocycles. The molecular formula is C31H33ClN2. The molecule has 0 spiro atoms. The van der Waals surface area contributed by atoms with Crippen LogP contribution in [0.1, 0.15) is 56.9 Å². The van der Waals surface area contributed by atoms with Crippen LogP contribution in [0.15, 0.2) is 72.9 Å². The third-order valence-corrected chi connectivity index (χ3v) is 6.64. The number of halogens is 1. The lowest BCUT2D eigenvalue weighted by Crippen LogP contribution is -2.34. The van der Waals surface area contributed by atoms with Crippen LogP contribution in [0.5, 0.6) is 0 Å². The van der Waals surface area contributed by atoms with Crippen LogP contribution in [0.4, 0.5) is 0 Å². The van der Waals surface area contributed by atoms with Gasteiger partial charge in [-0.25, -0.2) is 4.98 Å². The Morgan fingerprint density at radius 1 is 1.03 bits per heavy atom. The normalized spacial score (nSPS) is 14.6. The summed E-state index contributed by atoms with van der Waals surface area (Å²) < 4.78 is 0. The van der Waals surface area contributed by atoms with Crippen molar-refractivity contribution in [1.82, 2.24) is 9.88 Å². The quantitative estimate of drug-likeness (QED) is 0.314. The lowest BCUT2D eigenvalue weighted by molar-refractivity contribution is 0.232. The van der Waals surface area contributed by atoms with E-state index in [1.165, 1.54) is 43.5 Å². The first kappa shape index (κ1) is 24.3. The van der Waals surface area contributed by atoms with Crippen molar-refractivity contribution < 1.29 is 0 Å². The van der Waals surface area contributed by atoms with Crippen molar-refractivity contribution in [3.05, 3.63) is 94.8 Å². The number of allylic oxidation sites excluding steroid dienone is 1. The summed E-state index contributed by atoms with van der Waals surface area (Å²) in [5.41, 5.74) is 6.48. The summed E-state index contributed by atoms with van der Waals surface area (Å²) in [6.07, 6.45) is 8.28. The van der Waals surface area contributed by atoms with Gasteiger partial charge in [-0.1, -0.05) is 60.9 Å². The highest BCUT2D eigenvalue weighted by atomic mass is 35.5. The number of hydrogen-bond acceptors (Lipinski definition) is 2. The van der Waals surface area contributed by atoms with Crippen LogP contribution < -0.4 is 0 Å². The lowest BCUT2D eigenvalue weighted by Gasteiger charge is -2.27. The molecule has 0 unspecified atom stereocenters. The van der Waals surface area contributed by atoms with Gasteiger partial charge in [0.05, 0.1) is 0 Å². The fourth-order valence-electron chi connectivity index (χ4n) is 4.18. The van der Waals surface area contributed by atoms with Crippen LogP contribution in [0.3, 0.4) is 0 Å². The van der Waals surface area contributed by atoms with Crippen molar-refractivity contribution in [3.63, 3.8) is 0 Å². The van der Waals surface area contributed by atoms with Crippen molar-refractivity contribution in [2.75, 3.05) is 13.1 Å². The van der Waals surface area contributed by atoms with Crippen LogP contribution in [0.2, 0.25) is 5.02 Å². The van der Waals surface area contributed by atoms with E-state index in [9.17, 15) is 0 Å². The average molecular weight is 469 g/mol. The maximum absolute atomic E-state index is 5.98. The zero-order valence-corrected chi connectivity index (χ0v) is 21.1. The largest absolute Gasteiger partial charge is 0.297 e. The Bertz CT molecular complexity index is 1160. The summed E-state index contributed by atoms with van der Waals surface area (Å²) in [7, 11) is 0. The lowest BCUT2D eigenvalue weighted by atomic mass is 10.0. The monoisotopic (exact) mass is 468 g/mol. The van der Waals surface area contributed by atoms with E-state index in [1.807, 2.05) is 42.6 Å². The maximum Gasteiger partial charge on any atom is 0.113 e. The van der Waals surface area contributed by atoms with Gasteiger partial charge in [-0.05, 0) is 98.5 Å². The Kier molecular flexibility index (Phi) is 8.22. The Morgan fingerprint density at radius 2 is 1.74 bits per heavy atom. The molecule has 0 radical (unpaired) electrons. The molecule has 1 aromatic heterocycles. The van der Waals surface area contributed by atoms with Gasteiger partial charge in [-0.3, -0.25) is 4.90 Å². The van der Waals surface area contributed by atoms with Crippen LogP contribution in [-0.2, 0) is 0 Å². The molecule has 1 aliphatic rings. The van der Waals surface area contributed by atoms with E-state index in [0.717, 1.165) is 33.3 Å². The van der Waals surface area contributed by atoms with Crippen molar-refractivity contribution in [2.45, 2.75) is 46.1 Å². The van der Waals surface area contributed by atoms with Crippen LogP contribution >= 0.6 is 11.6 Å². The molecule has 2 aromatic carbocycles. The number of benzene rings is 2. The summed E-state index contributed by atoms with van der Waals surface area (Å²) >= 11 is 5.98. The zero-order chi connectivity index (χ0) is 23.9. The van der Waals surface area contributed by atoms with Crippen LogP contribution in [-0.4, -0.2) is 29.0 Å². The van der Waals surface area contributed by atoms with Gasteiger partial charge in [-0.2, -0.15) is 0 Å². The Labute approximate surface area is 209 Å². The first-order valence-electron chi connectivity index (χ1n) is 12.3. The molecule has 0 saturated heterocycles. The highest BCUT2D eigenvalue weighted by molar-refractivity contribution is 6.30. The Morgan fingerprint density at radius 3 is 2.35 bits per heavy atom. The minimum atomic E-state index is 0.460. The number of nitrogens with zero attached hydrogens (tertiary/aromatic N) is 2. The molecule has 1 fully saturated rings. The van der Waals surface area contributed by atoms with Gasteiger partial charge in [0.1, 0.15) is 5.69 Å². The maximum atomic E-state index is 5.98. The number of aromatic nitrogens is 1. The van der Waals surface area contributed by atoms with E-state index in [-0.39, 0.29) is 0 Å². The molecule has 0 N–H and O–H groups in total. The van der Waals surface area contributed by atoms with Crippen molar-refractivity contribution >= 4 is 17.2 Å². The van der Waals surface area contributed by atoms with Crippen molar-refractivity contribution in [1.29, 1.82) is 0 Å². The van der Waals surface area contributed by atoms with E-state index in [4.69, 9.17) is 11.6 Å². The summed E-state index contributed by atoms with van der Waals surface area (Å²) in [6.45, 7) is 9.22. The van der Waals surface area contributed by atoms with Gasteiger partial charge < -0.3 is 0 Å².